The molecular weight excluding hydrogens is 480 g/mol. The van der Waals surface area contributed by atoms with Gasteiger partial charge in [-0.25, -0.2) is 4.79 Å². The van der Waals surface area contributed by atoms with Crippen LogP contribution in [0.5, 0.6) is 0 Å². The smallest absolute Gasteiger partial charge is 0.407 e. The molecule has 1 aliphatic heterocycles. The van der Waals surface area contributed by atoms with Crippen molar-refractivity contribution in [2.45, 2.75) is 52.2 Å². The Morgan fingerprint density at radius 1 is 1.22 bits per heavy atom. The van der Waals surface area contributed by atoms with E-state index in [9.17, 15) is 9.59 Å². The number of ether oxygens (including phenoxy) is 3. The van der Waals surface area contributed by atoms with Crippen LogP contribution in [0.3, 0.4) is 0 Å². The lowest BCUT2D eigenvalue weighted by atomic mass is 9.99. The van der Waals surface area contributed by atoms with Crippen LogP contribution in [0.25, 0.3) is 5.57 Å². The minimum Gasteiger partial charge on any atom is -0.464 e. The van der Waals surface area contributed by atoms with Crippen LogP contribution >= 0.6 is 11.6 Å². The SMILES string of the molecule is C=C/C(=C\C(Cl)=C/C)c1ccc(CC(CC(=O)OCCN2CCOCC2)NC(=O)OC(C)(C)C)cc1. The van der Waals surface area contributed by atoms with E-state index in [1.54, 1.807) is 26.8 Å². The van der Waals surface area contributed by atoms with Crippen molar-refractivity contribution in [2.75, 3.05) is 39.5 Å². The lowest BCUT2D eigenvalue weighted by Gasteiger charge is -2.26. The number of nitrogens with one attached hydrogen (secondary N) is 1. The zero-order chi connectivity index (χ0) is 26.6. The van der Waals surface area contributed by atoms with Crippen molar-refractivity contribution >= 4 is 29.2 Å². The van der Waals surface area contributed by atoms with Gasteiger partial charge in [0.15, 0.2) is 0 Å². The zero-order valence-corrected chi connectivity index (χ0v) is 22.6. The summed E-state index contributed by atoms with van der Waals surface area (Å²) in [6.07, 6.45) is 5.33. The molecule has 0 bridgehead atoms. The zero-order valence-electron chi connectivity index (χ0n) is 21.8. The van der Waals surface area contributed by atoms with Gasteiger partial charge in [-0.3, -0.25) is 9.69 Å². The average Bonchev–Trinajstić information content (AvgIpc) is 2.82. The Labute approximate surface area is 220 Å². The van der Waals surface area contributed by atoms with Crippen LogP contribution < -0.4 is 5.32 Å². The highest BCUT2D eigenvalue weighted by Gasteiger charge is 2.22. The van der Waals surface area contributed by atoms with Crippen LogP contribution in [0.2, 0.25) is 0 Å². The molecule has 198 valence electrons. The third kappa shape index (κ3) is 11.4. The maximum atomic E-state index is 12.6. The number of alkyl carbamates (subject to hydrolysis) is 1. The van der Waals surface area contributed by atoms with Crippen molar-refractivity contribution in [3.8, 4) is 0 Å². The summed E-state index contributed by atoms with van der Waals surface area (Å²) in [5, 5.41) is 3.46. The summed E-state index contributed by atoms with van der Waals surface area (Å²) >= 11 is 6.14. The largest absolute Gasteiger partial charge is 0.464 e. The van der Waals surface area contributed by atoms with Crippen molar-refractivity contribution in [3.63, 3.8) is 0 Å². The first-order chi connectivity index (χ1) is 17.1. The van der Waals surface area contributed by atoms with Crippen molar-refractivity contribution in [1.29, 1.82) is 0 Å². The van der Waals surface area contributed by atoms with E-state index < -0.39 is 17.7 Å². The monoisotopic (exact) mass is 518 g/mol. The number of benzene rings is 1. The van der Waals surface area contributed by atoms with Gasteiger partial charge in [0.2, 0.25) is 0 Å². The van der Waals surface area contributed by atoms with E-state index in [1.165, 1.54) is 0 Å². The van der Waals surface area contributed by atoms with Gasteiger partial charge in [0.05, 0.1) is 19.6 Å². The van der Waals surface area contributed by atoms with E-state index in [2.05, 4.69) is 16.8 Å². The average molecular weight is 519 g/mol. The normalized spacial score (nSPS) is 16.2. The molecule has 1 aromatic rings. The van der Waals surface area contributed by atoms with Gasteiger partial charge in [-0.05, 0) is 56.9 Å². The molecule has 1 heterocycles. The summed E-state index contributed by atoms with van der Waals surface area (Å²) in [7, 11) is 0. The van der Waals surface area contributed by atoms with Gasteiger partial charge in [0.1, 0.15) is 12.2 Å². The molecule has 1 atom stereocenters. The minimum atomic E-state index is -0.642. The summed E-state index contributed by atoms with van der Waals surface area (Å²) in [6, 6.07) is 7.38. The molecule has 0 aliphatic carbocycles. The highest BCUT2D eigenvalue weighted by molar-refractivity contribution is 6.31. The van der Waals surface area contributed by atoms with Crippen molar-refractivity contribution in [3.05, 3.63) is 65.2 Å². The van der Waals surface area contributed by atoms with E-state index in [1.807, 2.05) is 43.3 Å². The van der Waals surface area contributed by atoms with Gasteiger partial charge in [0, 0.05) is 30.7 Å². The van der Waals surface area contributed by atoms with Crippen LogP contribution in [0.15, 0.2) is 54.1 Å². The topological polar surface area (TPSA) is 77.1 Å². The number of hydrogen-bond donors (Lipinski definition) is 1. The number of morpholine rings is 1. The predicted molar refractivity (Wildman–Crippen MR) is 144 cm³/mol. The number of amides is 1. The molecule has 0 saturated carbocycles. The minimum absolute atomic E-state index is 0.0405. The molecule has 1 unspecified atom stereocenters. The van der Waals surface area contributed by atoms with Crippen LogP contribution in [0.1, 0.15) is 45.2 Å². The van der Waals surface area contributed by atoms with E-state index in [0.29, 0.717) is 37.8 Å². The Hall–Kier alpha value is -2.61. The molecule has 1 aliphatic rings. The predicted octanol–water partition coefficient (Wildman–Crippen LogP) is 5.10. The number of halogens is 1. The van der Waals surface area contributed by atoms with Crippen LogP contribution in [-0.2, 0) is 25.4 Å². The molecule has 7 nitrogen and oxygen atoms in total. The lowest BCUT2D eigenvalue weighted by Crippen LogP contribution is -2.42. The molecule has 8 heteroatoms. The second kappa shape index (κ2) is 14.8. The molecule has 1 fully saturated rings. The maximum Gasteiger partial charge on any atom is 0.407 e. The molecule has 1 aromatic carbocycles. The Morgan fingerprint density at radius 3 is 2.47 bits per heavy atom. The molecule has 0 aromatic heterocycles. The van der Waals surface area contributed by atoms with Crippen LogP contribution in [-0.4, -0.2) is 68.1 Å². The number of rotatable bonds is 11. The van der Waals surface area contributed by atoms with Gasteiger partial charge in [-0.1, -0.05) is 54.6 Å². The molecule has 0 spiro atoms. The van der Waals surface area contributed by atoms with Crippen LogP contribution in [0, 0.1) is 0 Å². The highest BCUT2D eigenvalue weighted by atomic mass is 35.5. The molecule has 1 N–H and O–H groups in total. The number of carbonyl (C=O) groups excluding carboxylic acids is 2. The maximum absolute atomic E-state index is 12.6. The Balaban J connectivity index is 2.03. The molecule has 0 radical (unpaired) electrons. The second-order valence-corrected chi connectivity index (χ2v) is 10.0. The quantitative estimate of drug-likeness (QED) is 0.324. The Bertz CT molecular complexity index is 928. The van der Waals surface area contributed by atoms with Gasteiger partial charge >= 0.3 is 12.1 Å². The number of hydrogen-bond acceptors (Lipinski definition) is 6. The lowest BCUT2D eigenvalue weighted by molar-refractivity contribution is -0.144. The third-order valence-corrected chi connectivity index (χ3v) is 5.79. The fourth-order valence-electron chi connectivity index (χ4n) is 3.63. The summed E-state index contributed by atoms with van der Waals surface area (Å²) in [4.78, 5) is 27.2. The van der Waals surface area contributed by atoms with Crippen molar-refractivity contribution < 1.29 is 23.8 Å². The molecular formula is C28H39ClN2O5. The summed E-state index contributed by atoms with van der Waals surface area (Å²) in [5.74, 6) is -0.362. The number of carbonyl (C=O) groups is 2. The van der Waals surface area contributed by atoms with Crippen LogP contribution in [0.4, 0.5) is 4.79 Å². The van der Waals surface area contributed by atoms with Gasteiger partial charge in [0.25, 0.3) is 0 Å². The fraction of sp³-hybridized carbons (Fsp3) is 0.500. The van der Waals surface area contributed by atoms with E-state index in [4.69, 9.17) is 25.8 Å². The Kier molecular flexibility index (Phi) is 12.2. The molecule has 1 amide bonds. The van der Waals surface area contributed by atoms with Gasteiger partial charge in [-0.15, -0.1) is 0 Å². The number of allylic oxidation sites excluding steroid dienone is 5. The first kappa shape index (κ1) is 29.6. The number of esters is 1. The third-order valence-electron chi connectivity index (χ3n) is 5.47. The van der Waals surface area contributed by atoms with E-state index in [0.717, 1.165) is 29.8 Å². The summed E-state index contributed by atoms with van der Waals surface area (Å²) in [5.41, 5.74) is 2.18. The van der Waals surface area contributed by atoms with E-state index >= 15 is 0 Å². The molecule has 2 rings (SSSR count). The fourth-order valence-corrected chi connectivity index (χ4v) is 3.75. The van der Waals surface area contributed by atoms with Gasteiger partial charge in [-0.2, -0.15) is 0 Å². The Morgan fingerprint density at radius 2 is 1.89 bits per heavy atom. The van der Waals surface area contributed by atoms with Crippen molar-refractivity contribution in [2.24, 2.45) is 0 Å². The first-order valence-electron chi connectivity index (χ1n) is 12.3. The standard InChI is InChI=1S/C28H39ClN2O5/c1-6-22(19-24(29)7-2)23-10-8-21(9-11-23)18-25(30-27(33)36-28(3,4)5)20-26(32)35-17-14-31-12-15-34-16-13-31/h6-11,19,25H,1,12-18,20H2,2-5H3,(H,30,33)/b22-19+,24-7+. The summed E-state index contributed by atoms with van der Waals surface area (Å²) < 4.78 is 16.2. The summed E-state index contributed by atoms with van der Waals surface area (Å²) in [6.45, 7) is 15.2. The first-order valence-corrected chi connectivity index (χ1v) is 12.7. The van der Waals surface area contributed by atoms with Gasteiger partial charge < -0.3 is 19.5 Å². The highest BCUT2D eigenvalue weighted by Crippen LogP contribution is 2.21. The molecule has 36 heavy (non-hydrogen) atoms. The molecule has 1 saturated heterocycles. The second-order valence-electron chi connectivity index (χ2n) is 9.60. The number of nitrogens with zero attached hydrogens (tertiary/aromatic N) is 1. The van der Waals surface area contributed by atoms with E-state index in [-0.39, 0.29) is 12.4 Å². The van der Waals surface area contributed by atoms with Crippen molar-refractivity contribution in [1.82, 2.24) is 10.2 Å².